The quantitative estimate of drug-likeness (QED) is 0.613. The van der Waals surface area contributed by atoms with Gasteiger partial charge in [-0.05, 0) is 32.7 Å². The number of urea groups is 1. The van der Waals surface area contributed by atoms with E-state index in [9.17, 15) is 4.79 Å². The smallest absolute Gasteiger partial charge is 0.315 e. The predicted molar refractivity (Wildman–Crippen MR) is 57.2 cm³/mol. The molecule has 1 saturated heterocycles. The Bertz CT molecular complexity index is 194. The van der Waals surface area contributed by atoms with Gasteiger partial charge in [-0.25, -0.2) is 4.79 Å². The predicted octanol–water partition coefficient (Wildman–Crippen LogP) is 0.692. The molecule has 3 N–H and O–H groups in total. The van der Waals surface area contributed by atoms with Crippen LogP contribution in [0.4, 0.5) is 4.79 Å². The van der Waals surface area contributed by atoms with Crippen molar-refractivity contribution >= 4 is 6.03 Å². The van der Waals surface area contributed by atoms with Crippen LogP contribution in [0.25, 0.3) is 0 Å². The Hall–Kier alpha value is -0.770. The lowest BCUT2D eigenvalue weighted by molar-refractivity contribution is 0.227. The minimum absolute atomic E-state index is 0.0547. The fourth-order valence-electron chi connectivity index (χ4n) is 1.76. The van der Waals surface area contributed by atoms with E-state index >= 15 is 0 Å². The molecule has 0 aliphatic carbocycles. The number of amides is 2. The minimum atomic E-state index is -0.0547. The molecule has 0 aromatic heterocycles. The molecule has 0 saturated carbocycles. The summed E-state index contributed by atoms with van der Waals surface area (Å²) in [5.74, 6) is 0.646. The Labute approximate surface area is 85.8 Å². The first-order valence-corrected chi connectivity index (χ1v) is 5.35. The van der Waals surface area contributed by atoms with Crippen LogP contribution >= 0.6 is 0 Å². The van der Waals surface area contributed by atoms with Crippen molar-refractivity contribution in [1.82, 2.24) is 16.0 Å². The Morgan fingerprint density at radius 3 is 2.71 bits per heavy atom. The van der Waals surface area contributed by atoms with Crippen LogP contribution in [0, 0.1) is 5.92 Å². The lowest BCUT2D eigenvalue weighted by Crippen LogP contribution is -2.52. The molecule has 1 aliphatic heterocycles. The second-order valence-corrected chi connectivity index (χ2v) is 4.47. The van der Waals surface area contributed by atoms with Crippen LogP contribution in [0.1, 0.15) is 27.2 Å². The molecule has 82 valence electrons. The van der Waals surface area contributed by atoms with Crippen molar-refractivity contribution in [3.63, 3.8) is 0 Å². The zero-order chi connectivity index (χ0) is 10.6. The largest absolute Gasteiger partial charge is 0.336 e. The normalized spacial score (nSPS) is 27.4. The first kappa shape index (κ1) is 11.3. The number of nitrogens with one attached hydrogen (secondary N) is 3. The molecule has 0 aromatic rings. The summed E-state index contributed by atoms with van der Waals surface area (Å²) in [6.45, 7) is 8.06. The average molecular weight is 199 g/mol. The molecule has 2 amide bonds. The summed E-state index contributed by atoms with van der Waals surface area (Å²) in [5.41, 5.74) is 0. The van der Waals surface area contributed by atoms with Gasteiger partial charge in [-0.1, -0.05) is 6.92 Å². The molecular formula is C10H21N3O. The molecular weight excluding hydrogens is 178 g/mol. The molecule has 1 aliphatic rings. The van der Waals surface area contributed by atoms with Gasteiger partial charge in [-0.15, -0.1) is 0 Å². The van der Waals surface area contributed by atoms with E-state index in [2.05, 4.69) is 22.9 Å². The fourth-order valence-corrected chi connectivity index (χ4v) is 1.76. The maximum Gasteiger partial charge on any atom is 0.315 e. The first-order chi connectivity index (χ1) is 6.58. The van der Waals surface area contributed by atoms with E-state index in [0.717, 1.165) is 19.5 Å². The van der Waals surface area contributed by atoms with Gasteiger partial charge in [-0.3, -0.25) is 0 Å². The molecule has 0 spiro atoms. The number of carbonyl (C=O) groups excluding carboxylic acids is 1. The van der Waals surface area contributed by atoms with E-state index in [-0.39, 0.29) is 18.1 Å². The van der Waals surface area contributed by atoms with Gasteiger partial charge in [0.25, 0.3) is 0 Å². The van der Waals surface area contributed by atoms with Crippen LogP contribution in [-0.2, 0) is 0 Å². The van der Waals surface area contributed by atoms with Gasteiger partial charge in [0.15, 0.2) is 0 Å². The molecule has 0 aromatic carbocycles. The highest BCUT2D eigenvalue weighted by Crippen LogP contribution is 2.08. The monoisotopic (exact) mass is 199 g/mol. The SMILES string of the molecule is CC1CNCC(NC(=O)NC(C)C)C1. The summed E-state index contributed by atoms with van der Waals surface area (Å²) < 4.78 is 0. The maximum atomic E-state index is 11.4. The Morgan fingerprint density at radius 2 is 2.14 bits per heavy atom. The molecule has 2 atom stereocenters. The number of rotatable bonds is 2. The third kappa shape index (κ3) is 3.96. The van der Waals surface area contributed by atoms with Crippen molar-refractivity contribution in [3.8, 4) is 0 Å². The van der Waals surface area contributed by atoms with Crippen molar-refractivity contribution < 1.29 is 4.79 Å². The number of hydrogen-bond acceptors (Lipinski definition) is 2. The number of carbonyl (C=O) groups is 1. The van der Waals surface area contributed by atoms with Crippen LogP contribution in [0.3, 0.4) is 0 Å². The highest BCUT2D eigenvalue weighted by molar-refractivity contribution is 5.74. The van der Waals surface area contributed by atoms with Gasteiger partial charge >= 0.3 is 6.03 Å². The Balaban J connectivity index is 2.25. The van der Waals surface area contributed by atoms with E-state index in [1.165, 1.54) is 0 Å². The van der Waals surface area contributed by atoms with Gasteiger partial charge in [0.2, 0.25) is 0 Å². The first-order valence-electron chi connectivity index (χ1n) is 5.35. The van der Waals surface area contributed by atoms with Crippen LogP contribution in [0.2, 0.25) is 0 Å². The third-order valence-electron chi connectivity index (χ3n) is 2.33. The number of hydrogen-bond donors (Lipinski definition) is 3. The summed E-state index contributed by atoms with van der Waals surface area (Å²) in [7, 11) is 0. The second kappa shape index (κ2) is 5.20. The van der Waals surface area contributed by atoms with Crippen molar-refractivity contribution in [3.05, 3.63) is 0 Å². The lowest BCUT2D eigenvalue weighted by Gasteiger charge is -2.28. The maximum absolute atomic E-state index is 11.4. The molecule has 4 heteroatoms. The summed E-state index contributed by atoms with van der Waals surface area (Å²) >= 11 is 0. The molecule has 0 bridgehead atoms. The van der Waals surface area contributed by atoms with E-state index in [0.29, 0.717) is 5.92 Å². The molecule has 14 heavy (non-hydrogen) atoms. The van der Waals surface area contributed by atoms with Gasteiger partial charge in [0, 0.05) is 18.6 Å². The lowest BCUT2D eigenvalue weighted by atomic mass is 9.98. The van der Waals surface area contributed by atoms with Crippen LogP contribution in [0.15, 0.2) is 0 Å². The van der Waals surface area contributed by atoms with Gasteiger partial charge < -0.3 is 16.0 Å². The van der Waals surface area contributed by atoms with E-state index in [4.69, 9.17) is 0 Å². The molecule has 1 rings (SSSR count). The molecule has 0 radical (unpaired) electrons. The van der Waals surface area contributed by atoms with Crippen molar-refractivity contribution in [2.45, 2.75) is 39.3 Å². The molecule has 1 heterocycles. The molecule has 1 fully saturated rings. The Morgan fingerprint density at radius 1 is 1.43 bits per heavy atom. The van der Waals surface area contributed by atoms with Crippen molar-refractivity contribution in [1.29, 1.82) is 0 Å². The highest BCUT2D eigenvalue weighted by atomic mass is 16.2. The van der Waals surface area contributed by atoms with Crippen LogP contribution < -0.4 is 16.0 Å². The highest BCUT2D eigenvalue weighted by Gasteiger charge is 2.19. The van der Waals surface area contributed by atoms with Gasteiger partial charge in [-0.2, -0.15) is 0 Å². The summed E-state index contributed by atoms with van der Waals surface area (Å²) in [4.78, 5) is 11.4. The van der Waals surface area contributed by atoms with Crippen molar-refractivity contribution in [2.24, 2.45) is 5.92 Å². The molecule has 2 unspecified atom stereocenters. The number of piperidine rings is 1. The Kier molecular flexibility index (Phi) is 4.20. The van der Waals surface area contributed by atoms with Crippen LogP contribution in [-0.4, -0.2) is 31.2 Å². The second-order valence-electron chi connectivity index (χ2n) is 4.47. The third-order valence-corrected chi connectivity index (χ3v) is 2.33. The van der Waals surface area contributed by atoms with Crippen molar-refractivity contribution in [2.75, 3.05) is 13.1 Å². The standard InChI is InChI=1S/C10H21N3O/c1-7(2)12-10(14)13-9-4-8(3)5-11-6-9/h7-9,11H,4-6H2,1-3H3,(H2,12,13,14). The van der Waals surface area contributed by atoms with E-state index in [1.54, 1.807) is 0 Å². The van der Waals surface area contributed by atoms with Gasteiger partial charge in [0.05, 0.1) is 0 Å². The minimum Gasteiger partial charge on any atom is -0.336 e. The van der Waals surface area contributed by atoms with E-state index in [1.807, 2.05) is 13.8 Å². The fraction of sp³-hybridized carbons (Fsp3) is 0.900. The topological polar surface area (TPSA) is 53.2 Å². The van der Waals surface area contributed by atoms with Gasteiger partial charge in [0.1, 0.15) is 0 Å². The van der Waals surface area contributed by atoms with Crippen LogP contribution in [0.5, 0.6) is 0 Å². The van der Waals surface area contributed by atoms with E-state index < -0.39 is 0 Å². The zero-order valence-electron chi connectivity index (χ0n) is 9.26. The zero-order valence-corrected chi connectivity index (χ0v) is 9.26. The summed E-state index contributed by atoms with van der Waals surface area (Å²) in [6.07, 6.45) is 1.07. The summed E-state index contributed by atoms with van der Waals surface area (Å²) in [5, 5.41) is 9.10. The average Bonchev–Trinajstić information content (AvgIpc) is 2.01. The molecule has 4 nitrogen and oxygen atoms in total. The summed E-state index contributed by atoms with van der Waals surface area (Å²) in [6, 6.07) is 0.419.